The molecule has 0 spiro atoms. The van der Waals surface area contributed by atoms with Crippen molar-refractivity contribution in [3.63, 3.8) is 0 Å². The molecule has 1 aliphatic rings. The maximum absolute atomic E-state index is 12.6. The summed E-state index contributed by atoms with van der Waals surface area (Å²) in [6.45, 7) is 3.27. The van der Waals surface area contributed by atoms with Gasteiger partial charge in [-0.15, -0.1) is 0 Å². The first-order valence-electron chi connectivity index (χ1n) is 9.19. The maximum Gasteiger partial charge on any atom is 0.234 e. The first kappa shape index (κ1) is 19.2. The number of hydrogen-bond acceptors (Lipinski definition) is 5. The van der Waals surface area contributed by atoms with Crippen LogP contribution in [-0.2, 0) is 11.3 Å². The molecule has 1 aliphatic heterocycles. The smallest absolute Gasteiger partial charge is 0.234 e. The van der Waals surface area contributed by atoms with Gasteiger partial charge in [-0.05, 0) is 12.1 Å². The Morgan fingerprint density at radius 2 is 1.81 bits per heavy atom. The van der Waals surface area contributed by atoms with Gasteiger partial charge in [0.1, 0.15) is 11.5 Å². The van der Waals surface area contributed by atoms with Gasteiger partial charge in [-0.25, -0.2) is 0 Å². The molecule has 1 saturated heterocycles. The molecular formula is C21H27N3O3. The molecule has 1 atom stereocenters. The third-order valence-corrected chi connectivity index (χ3v) is 4.87. The molecule has 144 valence electrons. The minimum atomic E-state index is 0.00250. The van der Waals surface area contributed by atoms with E-state index in [-0.39, 0.29) is 11.9 Å². The second kappa shape index (κ2) is 9.39. The molecule has 3 rings (SSSR count). The van der Waals surface area contributed by atoms with Crippen LogP contribution in [0.3, 0.4) is 0 Å². The van der Waals surface area contributed by atoms with E-state index < -0.39 is 0 Å². The summed E-state index contributed by atoms with van der Waals surface area (Å²) in [5, 5.41) is 6.42. The van der Waals surface area contributed by atoms with E-state index in [4.69, 9.17) is 9.47 Å². The number of amides is 1. The Bertz CT molecular complexity index is 766. The normalized spacial score (nSPS) is 17.3. The third kappa shape index (κ3) is 4.78. The molecule has 2 N–H and O–H groups in total. The SMILES string of the molecule is COc1ccccc1CNC(=O)CN1CCNCC1c1ccccc1OC. The van der Waals surface area contributed by atoms with E-state index in [1.165, 1.54) is 0 Å². The lowest BCUT2D eigenvalue weighted by molar-refractivity contribution is -0.123. The van der Waals surface area contributed by atoms with Gasteiger partial charge >= 0.3 is 0 Å². The zero-order valence-electron chi connectivity index (χ0n) is 15.9. The molecule has 1 unspecified atom stereocenters. The number of carbonyl (C=O) groups excluding carboxylic acids is 1. The molecular weight excluding hydrogens is 342 g/mol. The lowest BCUT2D eigenvalue weighted by atomic mass is 10.0. The Morgan fingerprint density at radius 1 is 1.11 bits per heavy atom. The van der Waals surface area contributed by atoms with E-state index in [2.05, 4.69) is 21.6 Å². The van der Waals surface area contributed by atoms with Crippen molar-refractivity contribution < 1.29 is 14.3 Å². The summed E-state index contributed by atoms with van der Waals surface area (Å²) in [6.07, 6.45) is 0. The summed E-state index contributed by atoms with van der Waals surface area (Å²) >= 11 is 0. The molecule has 2 aromatic rings. The summed E-state index contributed by atoms with van der Waals surface area (Å²) in [5.74, 6) is 1.64. The summed E-state index contributed by atoms with van der Waals surface area (Å²) in [5.41, 5.74) is 2.07. The molecule has 1 heterocycles. The quantitative estimate of drug-likeness (QED) is 0.781. The molecule has 0 aliphatic carbocycles. The van der Waals surface area contributed by atoms with Gasteiger partial charge in [0.15, 0.2) is 0 Å². The van der Waals surface area contributed by atoms with Crippen molar-refractivity contribution in [1.82, 2.24) is 15.5 Å². The second-order valence-electron chi connectivity index (χ2n) is 6.52. The van der Waals surface area contributed by atoms with Gasteiger partial charge in [0.05, 0.1) is 26.8 Å². The first-order valence-corrected chi connectivity index (χ1v) is 9.19. The van der Waals surface area contributed by atoms with Crippen LogP contribution in [0, 0.1) is 0 Å². The summed E-state index contributed by atoms with van der Waals surface area (Å²) in [7, 11) is 3.32. The Morgan fingerprint density at radius 3 is 2.59 bits per heavy atom. The van der Waals surface area contributed by atoms with Gasteiger partial charge in [0.2, 0.25) is 5.91 Å². The van der Waals surface area contributed by atoms with Crippen LogP contribution < -0.4 is 20.1 Å². The van der Waals surface area contributed by atoms with E-state index in [1.807, 2.05) is 42.5 Å². The molecule has 1 fully saturated rings. The van der Waals surface area contributed by atoms with Gasteiger partial charge < -0.3 is 20.1 Å². The Hall–Kier alpha value is -2.57. The van der Waals surface area contributed by atoms with Crippen LogP contribution >= 0.6 is 0 Å². The van der Waals surface area contributed by atoms with Gasteiger partial charge in [0, 0.05) is 37.3 Å². The monoisotopic (exact) mass is 369 g/mol. The van der Waals surface area contributed by atoms with Gasteiger partial charge in [-0.3, -0.25) is 9.69 Å². The standard InChI is InChI=1S/C21H27N3O3/c1-26-19-9-5-3-7-16(19)13-23-21(25)15-24-12-11-22-14-18(24)17-8-4-6-10-20(17)27-2/h3-10,18,22H,11-15H2,1-2H3,(H,23,25). The highest BCUT2D eigenvalue weighted by Gasteiger charge is 2.27. The highest BCUT2D eigenvalue weighted by atomic mass is 16.5. The van der Waals surface area contributed by atoms with Crippen molar-refractivity contribution in [2.24, 2.45) is 0 Å². The minimum Gasteiger partial charge on any atom is -0.496 e. The van der Waals surface area contributed by atoms with Crippen LogP contribution in [0.1, 0.15) is 17.2 Å². The van der Waals surface area contributed by atoms with Crippen LogP contribution in [0.2, 0.25) is 0 Å². The van der Waals surface area contributed by atoms with E-state index in [0.717, 1.165) is 42.3 Å². The number of piperazine rings is 1. The van der Waals surface area contributed by atoms with Crippen LogP contribution in [0.25, 0.3) is 0 Å². The average molecular weight is 369 g/mol. The van der Waals surface area contributed by atoms with E-state index in [0.29, 0.717) is 13.1 Å². The first-order chi connectivity index (χ1) is 13.2. The predicted molar refractivity (Wildman–Crippen MR) is 105 cm³/mol. The summed E-state index contributed by atoms with van der Waals surface area (Å²) in [6, 6.07) is 15.8. The zero-order valence-corrected chi connectivity index (χ0v) is 15.9. The van der Waals surface area contributed by atoms with Crippen LogP contribution in [-0.4, -0.2) is 51.2 Å². The van der Waals surface area contributed by atoms with Gasteiger partial charge in [0.25, 0.3) is 0 Å². The maximum atomic E-state index is 12.6. The summed E-state index contributed by atoms with van der Waals surface area (Å²) < 4.78 is 10.9. The second-order valence-corrected chi connectivity index (χ2v) is 6.52. The zero-order chi connectivity index (χ0) is 19.1. The Kier molecular flexibility index (Phi) is 6.68. The molecule has 27 heavy (non-hydrogen) atoms. The minimum absolute atomic E-state index is 0.00250. The largest absolute Gasteiger partial charge is 0.496 e. The van der Waals surface area contributed by atoms with Crippen molar-refractivity contribution in [2.45, 2.75) is 12.6 Å². The fraction of sp³-hybridized carbons (Fsp3) is 0.381. The van der Waals surface area contributed by atoms with Gasteiger partial charge in [-0.2, -0.15) is 0 Å². The molecule has 0 bridgehead atoms. The molecule has 0 saturated carbocycles. The summed E-state index contributed by atoms with van der Waals surface area (Å²) in [4.78, 5) is 14.8. The van der Waals surface area contributed by atoms with Crippen molar-refractivity contribution in [2.75, 3.05) is 40.4 Å². The number of ether oxygens (including phenoxy) is 2. The number of carbonyl (C=O) groups is 1. The highest BCUT2D eigenvalue weighted by Crippen LogP contribution is 2.29. The number of para-hydroxylation sites is 2. The van der Waals surface area contributed by atoms with Crippen LogP contribution in [0.4, 0.5) is 0 Å². The number of rotatable bonds is 7. The molecule has 2 aromatic carbocycles. The number of hydrogen-bond donors (Lipinski definition) is 2. The predicted octanol–water partition coefficient (Wildman–Crippen LogP) is 1.97. The van der Waals surface area contributed by atoms with Crippen molar-refractivity contribution in [1.29, 1.82) is 0 Å². The number of nitrogens with zero attached hydrogens (tertiary/aromatic N) is 1. The number of nitrogens with one attached hydrogen (secondary N) is 2. The number of benzene rings is 2. The average Bonchev–Trinajstić information content (AvgIpc) is 2.73. The van der Waals surface area contributed by atoms with Crippen molar-refractivity contribution in [3.8, 4) is 11.5 Å². The number of methoxy groups -OCH3 is 2. The fourth-order valence-electron chi connectivity index (χ4n) is 3.47. The van der Waals surface area contributed by atoms with E-state index >= 15 is 0 Å². The Labute approximate surface area is 160 Å². The van der Waals surface area contributed by atoms with E-state index in [9.17, 15) is 4.79 Å². The Balaban J connectivity index is 1.64. The van der Waals surface area contributed by atoms with Crippen LogP contribution in [0.15, 0.2) is 48.5 Å². The lowest BCUT2D eigenvalue weighted by Gasteiger charge is -2.36. The molecule has 1 amide bonds. The van der Waals surface area contributed by atoms with Crippen molar-refractivity contribution >= 4 is 5.91 Å². The lowest BCUT2D eigenvalue weighted by Crippen LogP contribution is -2.49. The fourth-order valence-corrected chi connectivity index (χ4v) is 3.47. The molecule has 0 radical (unpaired) electrons. The highest BCUT2D eigenvalue weighted by molar-refractivity contribution is 5.78. The molecule has 0 aromatic heterocycles. The topological polar surface area (TPSA) is 62.8 Å². The molecule has 6 heteroatoms. The van der Waals surface area contributed by atoms with Gasteiger partial charge in [-0.1, -0.05) is 36.4 Å². The van der Waals surface area contributed by atoms with E-state index in [1.54, 1.807) is 14.2 Å². The molecule has 6 nitrogen and oxygen atoms in total. The van der Waals surface area contributed by atoms with Crippen molar-refractivity contribution in [3.05, 3.63) is 59.7 Å². The third-order valence-electron chi connectivity index (χ3n) is 4.87. The van der Waals surface area contributed by atoms with Crippen LogP contribution in [0.5, 0.6) is 11.5 Å².